The van der Waals surface area contributed by atoms with Crippen molar-refractivity contribution in [2.24, 2.45) is 11.7 Å². The number of primary amides is 1. The van der Waals surface area contributed by atoms with E-state index >= 15 is 0 Å². The molecule has 0 unspecified atom stereocenters. The van der Waals surface area contributed by atoms with E-state index in [1.165, 1.54) is 20.1 Å². The van der Waals surface area contributed by atoms with Gasteiger partial charge in [0, 0.05) is 24.0 Å². The van der Waals surface area contributed by atoms with Crippen LogP contribution >= 0.6 is 11.6 Å². The molecular formula is C17H24ClN3O5S. The van der Waals surface area contributed by atoms with Crippen molar-refractivity contribution in [2.45, 2.75) is 25.8 Å². The Kier molecular flexibility index (Phi) is 6.59. The molecule has 2 N–H and O–H groups in total. The van der Waals surface area contributed by atoms with Crippen molar-refractivity contribution in [1.29, 1.82) is 0 Å². The molecule has 1 aliphatic heterocycles. The Morgan fingerprint density at radius 3 is 2.41 bits per heavy atom. The van der Waals surface area contributed by atoms with Gasteiger partial charge in [0.15, 0.2) is 0 Å². The molecule has 0 aliphatic carbocycles. The van der Waals surface area contributed by atoms with Crippen molar-refractivity contribution < 1.29 is 22.7 Å². The van der Waals surface area contributed by atoms with Gasteiger partial charge in [0.25, 0.3) is 0 Å². The summed E-state index contributed by atoms with van der Waals surface area (Å²) in [5, 5.41) is 0.321. The van der Waals surface area contributed by atoms with E-state index in [0.717, 1.165) is 10.6 Å². The van der Waals surface area contributed by atoms with E-state index < -0.39 is 16.1 Å². The highest BCUT2D eigenvalue weighted by Gasteiger charge is 2.35. The fourth-order valence-corrected chi connectivity index (χ4v) is 4.59. The molecule has 150 valence electrons. The molecule has 1 saturated heterocycles. The SMILES string of the molecule is COc1ccc(Cl)cc1N([C@H](C)C(=O)N1CCC(C(N)=O)CC1)S(C)(=O)=O. The number of sulfonamides is 1. The minimum absolute atomic E-state index is 0.195. The lowest BCUT2D eigenvalue weighted by Gasteiger charge is -2.36. The molecule has 0 aromatic heterocycles. The number of hydrogen-bond donors (Lipinski definition) is 1. The first-order valence-corrected chi connectivity index (χ1v) is 10.7. The largest absolute Gasteiger partial charge is 0.495 e. The average Bonchev–Trinajstić information content (AvgIpc) is 2.60. The van der Waals surface area contributed by atoms with Gasteiger partial charge in [-0.3, -0.25) is 13.9 Å². The first kappa shape index (κ1) is 21.3. The average molecular weight is 418 g/mol. The van der Waals surface area contributed by atoms with Crippen LogP contribution in [0.4, 0.5) is 5.69 Å². The Labute approximate surface area is 164 Å². The number of piperidine rings is 1. The van der Waals surface area contributed by atoms with Crippen LogP contribution in [-0.4, -0.2) is 57.6 Å². The summed E-state index contributed by atoms with van der Waals surface area (Å²) in [4.78, 5) is 25.8. The molecule has 10 heteroatoms. The summed E-state index contributed by atoms with van der Waals surface area (Å²) in [6.07, 6.45) is 1.96. The van der Waals surface area contributed by atoms with E-state index in [-0.39, 0.29) is 29.2 Å². The highest BCUT2D eigenvalue weighted by atomic mass is 35.5. The summed E-state index contributed by atoms with van der Waals surface area (Å²) < 4.78 is 31.2. The van der Waals surface area contributed by atoms with Gasteiger partial charge in [-0.1, -0.05) is 11.6 Å². The number of nitrogens with zero attached hydrogens (tertiary/aromatic N) is 2. The Bertz CT molecular complexity index is 822. The zero-order chi connectivity index (χ0) is 20.4. The topological polar surface area (TPSA) is 110 Å². The van der Waals surface area contributed by atoms with Gasteiger partial charge < -0.3 is 15.4 Å². The van der Waals surface area contributed by atoms with Crippen molar-refractivity contribution in [1.82, 2.24) is 4.90 Å². The Morgan fingerprint density at radius 2 is 1.93 bits per heavy atom. The molecule has 2 amide bonds. The number of ether oxygens (including phenoxy) is 1. The molecule has 1 atom stereocenters. The molecule has 0 saturated carbocycles. The predicted molar refractivity (Wildman–Crippen MR) is 103 cm³/mol. The fourth-order valence-electron chi connectivity index (χ4n) is 3.26. The lowest BCUT2D eigenvalue weighted by atomic mass is 9.96. The summed E-state index contributed by atoms with van der Waals surface area (Å²) >= 11 is 6.03. The summed E-state index contributed by atoms with van der Waals surface area (Å²) in [5.41, 5.74) is 5.51. The van der Waals surface area contributed by atoms with Gasteiger partial charge >= 0.3 is 0 Å². The van der Waals surface area contributed by atoms with E-state index in [4.69, 9.17) is 22.1 Å². The molecule has 1 aromatic rings. The zero-order valence-electron chi connectivity index (χ0n) is 15.5. The number of hydrogen-bond acceptors (Lipinski definition) is 5. The van der Waals surface area contributed by atoms with Crippen molar-refractivity contribution >= 4 is 39.1 Å². The minimum Gasteiger partial charge on any atom is -0.495 e. The molecule has 2 rings (SSSR count). The van der Waals surface area contributed by atoms with Crippen LogP contribution in [0.5, 0.6) is 5.75 Å². The van der Waals surface area contributed by atoms with Crippen LogP contribution in [0.1, 0.15) is 19.8 Å². The van der Waals surface area contributed by atoms with Crippen molar-refractivity contribution in [3.63, 3.8) is 0 Å². The number of carbonyl (C=O) groups is 2. The Hall–Kier alpha value is -2.00. The molecule has 27 heavy (non-hydrogen) atoms. The number of methoxy groups -OCH3 is 1. The normalized spacial score (nSPS) is 16.7. The van der Waals surface area contributed by atoms with Gasteiger partial charge in [-0.05, 0) is 38.0 Å². The second-order valence-corrected chi connectivity index (χ2v) is 8.85. The van der Waals surface area contributed by atoms with Crippen molar-refractivity contribution in [3.05, 3.63) is 23.2 Å². The smallest absolute Gasteiger partial charge is 0.246 e. The summed E-state index contributed by atoms with van der Waals surface area (Å²) in [6, 6.07) is 3.57. The van der Waals surface area contributed by atoms with Crippen LogP contribution in [0.3, 0.4) is 0 Å². The first-order valence-electron chi connectivity index (χ1n) is 8.47. The quantitative estimate of drug-likeness (QED) is 0.748. The number of amides is 2. The molecule has 0 radical (unpaired) electrons. The molecule has 1 aliphatic rings. The maximum absolute atomic E-state index is 13.0. The Balaban J connectivity index is 2.32. The standard InChI is InChI=1S/C17H24ClN3O5S/c1-11(17(23)20-8-6-12(7-9-20)16(19)22)21(27(3,24)25)14-10-13(18)4-5-15(14)26-2/h4-5,10-12H,6-9H2,1-3H3,(H2,19,22)/t11-/m1/s1. The third-order valence-corrected chi connectivity index (χ3v) is 6.12. The van der Waals surface area contributed by atoms with Gasteiger partial charge in [0.2, 0.25) is 21.8 Å². The van der Waals surface area contributed by atoms with Gasteiger partial charge in [0.1, 0.15) is 11.8 Å². The lowest BCUT2D eigenvalue weighted by molar-refractivity contribution is -0.135. The van der Waals surface area contributed by atoms with E-state index in [2.05, 4.69) is 0 Å². The van der Waals surface area contributed by atoms with E-state index in [1.54, 1.807) is 17.0 Å². The summed E-state index contributed by atoms with van der Waals surface area (Å²) in [7, 11) is -2.39. The van der Waals surface area contributed by atoms with E-state index in [9.17, 15) is 18.0 Å². The molecule has 1 fully saturated rings. The van der Waals surface area contributed by atoms with Crippen LogP contribution in [0.15, 0.2) is 18.2 Å². The summed E-state index contributed by atoms with van der Waals surface area (Å²) in [5.74, 6) is -0.706. The molecular weight excluding hydrogens is 394 g/mol. The number of benzene rings is 1. The number of carbonyl (C=O) groups excluding carboxylic acids is 2. The number of rotatable bonds is 6. The molecule has 8 nitrogen and oxygen atoms in total. The lowest BCUT2D eigenvalue weighted by Crippen LogP contribution is -2.52. The monoisotopic (exact) mass is 417 g/mol. The number of halogens is 1. The van der Waals surface area contributed by atoms with Crippen LogP contribution in [0, 0.1) is 5.92 Å². The summed E-state index contributed by atoms with van der Waals surface area (Å²) in [6.45, 7) is 2.21. The van der Waals surface area contributed by atoms with Crippen molar-refractivity contribution in [3.8, 4) is 5.75 Å². The fraction of sp³-hybridized carbons (Fsp3) is 0.529. The van der Waals surface area contributed by atoms with Gasteiger partial charge in [0.05, 0.1) is 19.1 Å². The predicted octanol–water partition coefficient (Wildman–Crippen LogP) is 1.23. The van der Waals surface area contributed by atoms with Crippen LogP contribution in [0.2, 0.25) is 5.02 Å². The van der Waals surface area contributed by atoms with Crippen LogP contribution in [-0.2, 0) is 19.6 Å². The minimum atomic E-state index is -3.80. The van der Waals surface area contributed by atoms with Crippen LogP contribution in [0.25, 0.3) is 0 Å². The van der Waals surface area contributed by atoms with Gasteiger partial charge in [-0.2, -0.15) is 0 Å². The van der Waals surface area contributed by atoms with Gasteiger partial charge in [-0.25, -0.2) is 8.42 Å². The maximum Gasteiger partial charge on any atom is 0.246 e. The second-order valence-electron chi connectivity index (χ2n) is 6.55. The van der Waals surface area contributed by atoms with Crippen LogP contribution < -0.4 is 14.8 Å². The number of anilines is 1. The third kappa shape index (κ3) is 4.84. The highest BCUT2D eigenvalue weighted by molar-refractivity contribution is 7.92. The maximum atomic E-state index is 13.0. The third-order valence-electron chi connectivity index (χ3n) is 4.65. The van der Waals surface area contributed by atoms with Gasteiger partial charge in [-0.15, -0.1) is 0 Å². The number of likely N-dealkylation sites (tertiary alicyclic amines) is 1. The molecule has 1 aromatic carbocycles. The van der Waals surface area contributed by atoms with E-state index in [0.29, 0.717) is 31.0 Å². The Morgan fingerprint density at radius 1 is 1.33 bits per heavy atom. The number of nitrogens with two attached hydrogens (primary N) is 1. The highest BCUT2D eigenvalue weighted by Crippen LogP contribution is 2.34. The van der Waals surface area contributed by atoms with Crippen molar-refractivity contribution in [2.75, 3.05) is 30.8 Å². The molecule has 0 bridgehead atoms. The first-order chi connectivity index (χ1) is 12.6. The second kappa shape index (κ2) is 8.35. The van der Waals surface area contributed by atoms with E-state index in [1.807, 2.05) is 0 Å². The molecule has 1 heterocycles. The molecule has 0 spiro atoms. The zero-order valence-corrected chi connectivity index (χ0v) is 17.1.